The van der Waals surface area contributed by atoms with E-state index in [1.54, 1.807) is 6.07 Å². The zero-order valence-electron chi connectivity index (χ0n) is 13.3. The molecule has 2 amide bonds. The molecule has 2 aromatic carbocycles. The predicted octanol–water partition coefficient (Wildman–Crippen LogP) is 5.59. The summed E-state index contributed by atoms with van der Waals surface area (Å²) in [5, 5.41) is 6.21. The molecule has 116 valence electrons. The van der Waals surface area contributed by atoms with E-state index in [4.69, 9.17) is 11.6 Å². The lowest BCUT2D eigenvalue weighted by Gasteiger charge is -2.19. The molecule has 0 saturated carbocycles. The van der Waals surface area contributed by atoms with Crippen molar-refractivity contribution in [2.75, 3.05) is 10.6 Å². The second-order valence-electron chi connectivity index (χ2n) is 6.37. The molecule has 0 atom stereocenters. The Morgan fingerprint density at radius 2 is 1.50 bits per heavy atom. The van der Waals surface area contributed by atoms with Gasteiger partial charge in [-0.3, -0.25) is 0 Å². The number of rotatable bonds is 2. The molecule has 0 saturated heterocycles. The van der Waals surface area contributed by atoms with Crippen LogP contribution in [0.15, 0.2) is 42.5 Å². The SMILES string of the molecule is Cc1ccc(NC(=O)Nc2ccc(C(C)(C)C)cc2)cc1Cl. The maximum absolute atomic E-state index is 12.0. The summed E-state index contributed by atoms with van der Waals surface area (Å²) >= 11 is 6.05. The topological polar surface area (TPSA) is 41.1 Å². The van der Waals surface area contributed by atoms with Gasteiger partial charge >= 0.3 is 6.03 Å². The van der Waals surface area contributed by atoms with E-state index in [9.17, 15) is 4.79 Å². The molecular weight excluding hydrogens is 296 g/mol. The zero-order chi connectivity index (χ0) is 16.3. The van der Waals surface area contributed by atoms with Gasteiger partial charge in [0.1, 0.15) is 0 Å². The number of nitrogens with one attached hydrogen (secondary N) is 2. The van der Waals surface area contributed by atoms with Crippen molar-refractivity contribution >= 4 is 29.0 Å². The number of aryl methyl sites for hydroxylation is 1. The van der Waals surface area contributed by atoms with Gasteiger partial charge in [-0.15, -0.1) is 0 Å². The van der Waals surface area contributed by atoms with Crippen LogP contribution in [-0.4, -0.2) is 6.03 Å². The van der Waals surface area contributed by atoms with Crippen LogP contribution in [0.3, 0.4) is 0 Å². The first-order valence-corrected chi connectivity index (χ1v) is 7.58. The van der Waals surface area contributed by atoms with Crippen molar-refractivity contribution < 1.29 is 4.79 Å². The van der Waals surface area contributed by atoms with Crippen LogP contribution in [0.4, 0.5) is 16.2 Å². The minimum Gasteiger partial charge on any atom is -0.308 e. The summed E-state index contributed by atoms with van der Waals surface area (Å²) in [5.74, 6) is 0. The molecule has 0 unspecified atom stereocenters. The number of amides is 2. The summed E-state index contributed by atoms with van der Waals surface area (Å²) in [6.07, 6.45) is 0. The second kappa shape index (κ2) is 6.41. The second-order valence-corrected chi connectivity index (χ2v) is 6.78. The number of hydrogen-bond acceptors (Lipinski definition) is 1. The van der Waals surface area contributed by atoms with E-state index in [1.165, 1.54) is 5.56 Å². The van der Waals surface area contributed by atoms with Crippen LogP contribution < -0.4 is 10.6 Å². The summed E-state index contributed by atoms with van der Waals surface area (Å²) in [4.78, 5) is 12.0. The molecule has 3 nitrogen and oxygen atoms in total. The van der Waals surface area contributed by atoms with Gasteiger partial charge in [-0.2, -0.15) is 0 Å². The van der Waals surface area contributed by atoms with Crippen LogP contribution in [0.1, 0.15) is 31.9 Å². The van der Waals surface area contributed by atoms with E-state index < -0.39 is 0 Å². The Morgan fingerprint density at radius 3 is 2.05 bits per heavy atom. The van der Waals surface area contributed by atoms with Crippen molar-refractivity contribution in [3.05, 3.63) is 58.6 Å². The Bertz CT molecular complexity index is 672. The number of hydrogen-bond donors (Lipinski definition) is 2. The highest BCUT2D eigenvalue weighted by molar-refractivity contribution is 6.31. The van der Waals surface area contributed by atoms with Crippen LogP contribution in [0.2, 0.25) is 5.02 Å². The van der Waals surface area contributed by atoms with Gasteiger partial charge in [0.25, 0.3) is 0 Å². The lowest BCUT2D eigenvalue weighted by atomic mass is 9.87. The van der Waals surface area contributed by atoms with E-state index in [0.29, 0.717) is 10.7 Å². The van der Waals surface area contributed by atoms with Crippen molar-refractivity contribution in [1.82, 2.24) is 0 Å². The maximum Gasteiger partial charge on any atom is 0.323 e. The minimum atomic E-state index is -0.288. The third-order valence-electron chi connectivity index (χ3n) is 3.44. The van der Waals surface area contributed by atoms with E-state index in [-0.39, 0.29) is 11.4 Å². The lowest BCUT2D eigenvalue weighted by molar-refractivity contribution is 0.262. The van der Waals surface area contributed by atoms with E-state index in [2.05, 4.69) is 31.4 Å². The Labute approximate surface area is 136 Å². The van der Waals surface area contributed by atoms with E-state index in [1.807, 2.05) is 43.3 Å². The molecule has 2 rings (SSSR count). The average Bonchev–Trinajstić information content (AvgIpc) is 2.42. The average molecular weight is 317 g/mol. The fourth-order valence-electron chi connectivity index (χ4n) is 2.02. The highest BCUT2D eigenvalue weighted by atomic mass is 35.5. The smallest absolute Gasteiger partial charge is 0.308 e. The molecule has 0 aliphatic carbocycles. The van der Waals surface area contributed by atoms with Crippen LogP contribution in [0, 0.1) is 6.92 Å². The predicted molar refractivity (Wildman–Crippen MR) is 94.0 cm³/mol. The van der Waals surface area contributed by atoms with Crippen LogP contribution in [0.25, 0.3) is 0 Å². The largest absolute Gasteiger partial charge is 0.323 e. The Kier molecular flexibility index (Phi) is 4.77. The Balaban J connectivity index is 2.01. The molecule has 0 radical (unpaired) electrons. The van der Waals surface area contributed by atoms with E-state index >= 15 is 0 Å². The highest BCUT2D eigenvalue weighted by Crippen LogP contribution is 2.24. The number of anilines is 2. The standard InChI is InChI=1S/C18H21ClN2O/c1-12-5-8-15(11-16(12)19)21-17(22)20-14-9-6-13(7-10-14)18(2,3)4/h5-11H,1-4H3,(H2,20,21,22). The van der Waals surface area contributed by atoms with Gasteiger partial charge in [0.05, 0.1) is 0 Å². The van der Waals surface area contributed by atoms with Gasteiger partial charge < -0.3 is 10.6 Å². The molecule has 2 aromatic rings. The molecule has 2 N–H and O–H groups in total. The van der Waals surface area contributed by atoms with Gasteiger partial charge in [-0.25, -0.2) is 4.79 Å². The van der Waals surface area contributed by atoms with Gasteiger partial charge in [0.2, 0.25) is 0 Å². The number of carbonyl (C=O) groups excluding carboxylic acids is 1. The van der Waals surface area contributed by atoms with Gasteiger partial charge in [0, 0.05) is 16.4 Å². The van der Waals surface area contributed by atoms with Crippen molar-refractivity contribution in [2.45, 2.75) is 33.1 Å². The fraction of sp³-hybridized carbons (Fsp3) is 0.278. The van der Waals surface area contributed by atoms with Crippen molar-refractivity contribution in [2.24, 2.45) is 0 Å². The summed E-state index contributed by atoms with van der Waals surface area (Å²) in [6.45, 7) is 8.39. The van der Waals surface area contributed by atoms with Crippen LogP contribution in [0.5, 0.6) is 0 Å². The van der Waals surface area contributed by atoms with Gasteiger partial charge in [0.15, 0.2) is 0 Å². The van der Waals surface area contributed by atoms with Crippen LogP contribution in [-0.2, 0) is 5.41 Å². The summed E-state index contributed by atoms with van der Waals surface area (Å²) in [7, 11) is 0. The Hall–Kier alpha value is -2.00. The number of urea groups is 1. The third-order valence-corrected chi connectivity index (χ3v) is 3.85. The molecular formula is C18H21ClN2O. The first kappa shape index (κ1) is 16.4. The number of halogens is 1. The first-order chi connectivity index (χ1) is 10.3. The minimum absolute atomic E-state index is 0.0967. The zero-order valence-corrected chi connectivity index (χ0v) is 14.1. The molecule has 0 bridgehead atoms. The quantitative estimate of drug-likeness (QED) is 0.745. The maximum atomic E-state index is 12.0. The molecule has 22 heavy (non-hydrogen) atoms. The normalized spacial score (nSPS) is 11.1. The van der Waals surface area contributed by atoms with E-state index in [0.717, 1.165) is 11.3 Å². The summed E-state index contributed by atoms with van der Waals surface area (Å²) < 4.78 is 0. The monoisotopic (exact) mass is 316 g/mol. The Morgan fingerprint density at radius 1 is 0.955 bits per heavy atom. The molecule has 4 heteroatoms. The van der Waals surface area contributed by atoms with Crippen molar-refractivity contribution in [3.8, 4) is 0 Å². The molecule has 0 heterocycles. The van der Waals surface area contributed by atoms with Crippen molar-refractivity contribution in [1.29, 1.82) is 0 Å². The first-order valence-electron chi connectivity index (χ1n) is 7.20. The van der Waals surface area contributed by atoms with Gasteiger partial charge in [-0.1, -0.05) is 50.6 Å². The third kappa shape index (κ3) is 4.25. The molecule has 0 aromatic heterocycles. The molecule has 0 spiro atoms. The number of benzene rings is 2. The summed E-state index contributed by atoms with van der Waals surface area (Å²) in [5.41, 5.74) is 3.72. The molecule has 0 aliphatic heterocycles. The van der Waals surface area contributed by atoms with Gasteiger partial charge in [-0.05, 0) is 47.7 Å². The lowest BCUT2D eigenvalue weighted by Crippen LogP contribution is -2.19. The molecule has 0 aliphatic rings. The van der Waals surface area contributed by atoms with Crippen molar-refractivity contribution in [3.63, 3.8) is 0 Å². The molecule has 0 fully saturated rings. The highest BCUT2D eigenvalue weighted by Gasteiger charge is 2.13. The van der Waals surface area contributed by atoms with Crippen LogP contribution >= 0.6 is 11.6 Å². The fourth-order valence-corrected chi connectivity index (χ4v) is 2.20. The number of carbonyl (C=O) groups is 1. The summed E-state index contributed by atoms with van der Waals surface area (Å²) in [6, 6.07) is 13.0.